The minimum atomic E-state index is -3.38. The Bertz CT molecular complexity index is 553. The van der Waals surface area contributed by atoms with Crippen LogP contribution in [-0.4, -0.2) is 31.5 Å². The number of amides is 1. The molecule has 0 radical (unpaired) electrons. The molecule has 0 atom stereocenters. The molecule has 5 nitrogen and oxygen atoms in total. The maximum absolute atomic E-state index is 11.9. The van der Waals surface area contributed by atoms with Crippen LogP contribution in [0.4, 0.5) is 5.69 Å². The van der Waals surface area contributed by atoms with E-state index in [0.717, 1.165) is 5.56 Å². The summed E-state index contributed by atoms with van der Waals surface area (Å²) in [7, 11) is -1.71. The molecule has 1 rings (SSSR count). The molecule has 106 valence electrons. The lowest BCUT2D eigenvalue weighted by Crippen LogP contribution is -2.26. The molecule has 19 heavy (non-hydrogen) atoms. The highest BCUT2D eigenvalue weighted by Crippen LogP contribution is 2.19. The summed E-state index contributed by atoms with van der Waals surface area (Å²) in [5.41, 5.74) is 1.29. The highest BCUT2D eigenvalue weighted by molar-refractivity contribution is 7.93. The van der Waals surface area contributed by atoms with Gasteiger partial charge >= 0.3 is 0 Å². The lowest BCUT2D eigenvalue weighted by molar-refractivity contribution is -0.128. The van der Waals surface area contributed by atoms with Crippen LogP contribution in [0.3, 0.4) is 0 Å². The first-order valence-electron chi connectivity index (χ1n) is 6.05. The van der Waals surface area contributed by atoms with Gasteiger partial charge in [-0.3, -0.25) is 9.52 Å². The van der Waals surface area contributed by atoms with Crippen LogP contribution in [0.1, 0.15) is 26.3 Å². The number of rotatable bonds is 5. The van der Waals surface area contributed by atoms with E-state index in [1.165, 1.54) is 11.8 Å². The molecule has 0 aliphatic rings. The Morgan fingerprint density at radius 2 is 1.89 bits per heavy atom. The minimum absolute atomic E-state index is 0.0680. The van der Waals surface area contributed by atoms with E-state index in [2.05, 4.69) is 4.72 Å². The largest absolute Gasteiger partial charge is 0.342 e. The summed E-state index contributed by atoms with van der Waals surface area (Å²) in [5.74, 6) is -0.0680. The van der Waals surface area contributed by atoms with Crippen molar-refractivity contribution in [2.24, 2.45) is 0 Å². The number of nitrogens with one attached hydrogen (secondary N) is 1. The van der Waals surface area contributed by atoms with E-state index in [1.807, 2.05) is 6.07 Å². The number of nitrogens with zero attached hydrogens (tertiary/aromatic N) is 1. The van der Waals surface area contributed by atoms with Gasteiger partial charge in [-0.05, 0) is 25.5 Å². The van der Waals surface area contributed by atoms with Gasteiger partial charge in [0.25, 0.3) is 0 Å². The van der Waals surface area contributed by atoms with Crippen molar-refractivity contribution in [1.29, 1.82) is 0 Å². The molecule has 1 aromatic rings. The smallest absolute Gasteiger partial charge is 0.235 e. The fourth-order valence-electron chi connectivity index (χ4n) is 1.40. The highest BCUT2D eigenvalue weighted by atomic mass is 32.2. The number of hydrogen-bond acceptors (Lipinski definition) is 3. The number of carbonyl (C=O) groups is 1. The predicted octanol–water partition coefficient (Wildman–Crippen LogP) is 1.81. The molecular weight excluding hydrogens is 264 g/mol. The lowest BCUT2D eigenvalue weighted by atomic mass is 10.2. The van der Waals surface area contributed by atoms with Crippen LogP contribution in [0, 0.1) is 0 Å². The third-order valence-electron chi connectivity index (χ3n) is 2.84. The van der Waals surface area contributed by atoms with E-state index >= 15 is 0 Å². The normalized spacial score (nSPS) is 11.4. The Labute approximate surface area is 114 Å². The summed E-state index contributed by atoms with van der Waals surface area (Å²) in [6.07, 6.45) is 0. The Kier molecular flexibility index (Phi) is 4.94. The number of benzene rings is 1. The minimum Gasteiger partial charge on any atom is -0.342 e. The second kappa shape index (κ2) is 6.06. The molecule has 0 spiro atoms. The highest BCUT2D eigenvalue weighted by Gasteiger charge is 2.17. The number of para-hydroxylation sites is 1. The third-order valence-corrected chi connectivity index (χ3v) is 4.58. The van der Waals surface area contributed by atoms with Gasteiger partial charge in [0.1, 0.15) is 0 Å². The molecule has 0 fully saturated rings. The Morgan fingerprint density at radius 3 is 2.42 bits per heavy atom. The van der Waals surface area contributed by atoms with Gasteiger partial charge < -0.3 is 4.90 Å². The summed E-state index contributed by atoms with van der Waals surface area (Å²) in [6, 6.07) is 7.08. The van der Waals surface area contributed by atoms with Crippen molar-refractivity contribution < 1.29 is 13.2 Å². The maximum atomic E-state index is 11.9. The zero-order valence-electron chi connectivity index (χ0n) is 11.7. The zero-order chi connectivity index (χ0) is 14.6. The summed E-state index contributed by atoms with van der Waals surface area (Å²) in [5, 5.41) is -0.508. The Balaban J connectivity index is 3.00. The Morgan fingerprint density at radius 1 is 1.32 bits per heavy atom. The molecule has 0 saturated carbocycles. The third kappa shape index (κ3) is 4.24. The average molecular weight is 284 g/mol. The quantitative estimate of drug-likeness (QED) is 0.896. The second-order valence-electron chi connectivity index (χ2n) is 4.73. The van der Waals surface area contributed by atoms with Crippen LogP contribution < -0.4 is 4.72 Å². The molecule has 1 amide bonds. The van der Waals surface area contributed by atoms with Crippen LogP contribution in [0.25, 0.3) is 0 Å². The topological polar surface area (TPSA) is 66.5 Å². The first-order chi connectivity index (χ1) is 8.74. The molecule has 1 aromatic carbocycles. The van der Waals surface area contributed by atoms with Crippen molar-refractivity contribution in [1.82, 2.24) is 4.90 Å². The molecule has 1 N–H and O–H groups in total. The summed E-state index contributed by atoms with van der Waals surface area (Å²) < 4.78 is 26.3. The monoisotopic (exact) mass is 284 g/mol. The Hall–Kier alpha value is -1.56. The number of anilines is 1. The fourth-order valence-corrected chi connectivity index (χ4v) is 2.14. The van der Waals surface area contributed by atoms with Crippen molar-refractivity contribution >= 4 is 21.6 Å². The van der Waals surface area contributed by atoms with Gasteiger partial charge in [-0.25, -0.2) is 8.42 Å². The summed E-state index contributed by atoms with van der Waals surface area (Å²) in [6.45, 7) is 5.08. The summed E-state index contributed by atoms with van der Waals surface area (Å²) in [4.78, 5) is 12.8. The van der Waals surface area contributed by atoms with Crippen molar-refractivity contribution in [3.8, 4) is 0 Å². The van der Waals surface area contributed by atoms with Gasteiger partial charge in [0.05, 0.1) is 10.9 Å². The van der Waals surface area contributed by atoms with Gasteiger partial charge in [0.15, 0.2) is 0 Å². The predicted molar refractivity (Wildman–Crippen MR) is 76.3 cm³/mol. The molecule has 0 aromatic heterocycles. The molecule has 0 bridgehead atoms. The van der Waals surface area contributed by atoms with Crippen LogP contribution in [0.2, 0.25) is 0 Å². The number of hydrogen-bond donors (Lipinski definition) is 1. The molecule has 0 unspecified atom stereocenters. The maximum Gasteiger partial charge on any atom is 0.235 e. The van der Waals surface area contributed by atoms with E-state index in [4.69, 9.17) is 0 Å². The van der Waals surface area contributed by atoms with Crippen molar-refractivity contribution in [2.45, 2.75) is 32.6 Å². The van der Waals surface area contributed by atoms with Crippen LogP contribution in [0.5, 0.6) is 0 Å². The number of sulfonamides is 1. The lowest BCUT2D eigenvalue weighted by Gasteiger charge is -2.19. The van der Waals surface area contributed by atoms with Gasteiger partial charge in [-0.2, -0.15) is 0 Å². The number of carbonyl (C=O) groups excluding carboxylic acids is 1. The first-order valence-corrected chi connectivity index (χ1v) is 7.60. The van der Waals surface area contributed by atoms with Gasteiger partial charge in [-0.15, -0.1) is 0 Å². The van der Waals surface area contributed by atoms with E-state index in [0.29, 0.717) is 12.2 Å². The van der Waals surface area contributed by atoms with Crippen molar-refractivity contribution in [3.05, 3.63) is 29.8 Å². The van der Waals surface area contributed by atoms with E-state index in [1.54, 1.807) is 39.1 Å². The molecule has 6 heteroatoms. The van der Waals surface area contributed by atoms with E-state index < -0.39 is 15.3 Å². The van der Waals surface area contributed by atoms with Gasteiger partial charge in [0, 0.05) is 20.5 Å². The van der Waals surface area contributed by atoms with E-state index in [9.17, 15) is 13.2 Å². The summed E-state index contributed by atoms with van der Waals surface area (Å²) >= 11 is 0. The van der Waals surface area contributed by atoms with Crippen LogP contribution in [-0.2, 0) is 21.4 Å². The van der Waals surface area contributed by atoms with Gasteiger partial charge in [0.2, 0.25) is 15.9 Å². The first kappa shape index (κ1) is 15.5. The molecule has 0 aliphatic carbocycles. The average Bonchev–Trinajstić information content (AvgIpc) is 2.30. The van der Waals surface area contributed by atoms with Crippen LogP contribution in [0.15, 0.2) is 24.3 Å². The zero-order valence-corrected chi connectivity index (χ0v) is 12.5. The molecule has 0 aliphatic heterocycles. The molecule has 0 heterocycles. The van der Waals surface area contributed by atoms with Crippen LogP contribution >= 0.6 is 0 Å². The van der Waals surface area contributed by atoms with Gasteiger partial charge in [-0.1, -0.05) is 18.2 Å². The van der Waals surface area contributed by atoms with Crippen molar-refractivity contribution in [2.75, 3.05) is 11.8 Å². The fraction of sp³-hybridized carbons (Fsp3) is 0.462. The van der Waals surface area contributed by atoms with Crippen molar-refractivity contribution in [3.63, 3.8) is 0 Å². The standard InChI is InChI=1S/C13H20N2O3S/c1-10(2)19(17,18)14-13-8-6-5-7-12(13)9-15(4)11(3)16/h5-8,10,14H,9H2,1-4H3. The molecule has 0 saturated heterocycles. The SMILES string of the molecule is CC(=O)N(C)Cc1ccccc1NS(=O)(=O)C(C)C. The van der Waals surface area contributed by atoms with E-state index in [-0.39, 0.29) is 5.91 Å². The molecular formula is C13H20N2O3S. The second-order valence-corrected chi connectivity index (χ2v) is 6.97.